The fourth-order valence-corrected chi connectivity index (χ4v) is 1.65. The number of rotatable bonds is 4. The van der Waals surface area contributed by atoms with E-state index in [1.54, 1.807) is 48.8 Å². The Morgan fingerprint density at radius 3 is 1.10 bits per heavy atom. The van der Waals surface area contributed by atoms with Gasteiger partial charge in [-0.15, -0.1) is 11.5 Å². The number of aromatic nitrogens is 2. The first-order valence-electron chi connectivity index (χ1n) is 9.72. The van der Waals surface area contributed by atoms with Gasteiger partial charge in [-0.1, -0.05) is 26.0 Å². The Kier molecular flexibility index (Phi) is 35.2. The minimum atomic E-state index is -1.75. The van der Waals surface area contributed by atoms with Crippen molar-refractivity contribution in [2.75, 3.05) is 17.7 Å². The number of carbonyl (C=O) groups is 2. The molecule has 0 atom stereocenters. The molecule has 0 saturated heterocycles. The van der Waals surface area contributed by atoms with Gasteiger partial charge < -0.3 is 61.3 Å². The van der Waals surface area contributed by atoms with E-state index in [-0.39, 0.29) is 50.1 Å². The van der Waals surface area contributed by atoms with Crippen LogP contribution in [0.25, 0.3) is 0 Å². The molecule has 0 fully saturated rings. The number of amides is 2. The van der Waals surface area contributed by atoms with Crippen molar-refractivity contribution in [3.8, 4) is 0 Å². The van der Waals surface area contributed by atoms with Gasteiger partial charge in [0, 0.05) is 31.4 Å². The summed E-state index contributed by atoms with van der Waals surface area (Å²) >= 11 is 0. The van der Waals surface area contributed by atoms with Crippen LogP contribution >= 0.6 is 0 Å². The van der Waals surface area contributed by atoms with E-state index in [2.05, 4.69) is 20.6 Å². The number of anilines is 2. The molecule has 5 N–H and O–H groups in total. The topological polar surface area (TPSA) is 351 Å². The average Bonchev–Trinajstić information content (AvgIpc) is 2.80. The van der Waals surface area contributed by atoms with Gasteiger partial charge in [0.1, 0.15) is 0 Å². The minimum Gasteiger partial charge on any atom is -0.875 e. The van der Waals surface area contributed by atoms with Crippen LogP contribution in [-0.4, -0.2) is 39.3 Å². The molecule has 0 aliphatic rings. The number of H-pyrrole nitrogens is 2. The maximum absolute atomic E-state index is 11.0. The maximum Gasteiger partial charge on any atom is 3.00 e. The number of carbonyl (C=O) groups excluding carboxylic acids is 2. The van der Waals surface area contributed by atoms with Gasteiger partial charge in [-0.2, -0.15) is 0 Å². The summed E-state index contributed by atoms with van der Waals surface area (Å²) in [6.45, 7) is 2.66. The zero-order chi connectivity index (χ0) is 32.1. The molecule has 0 spiro atoms. The molecule has 2 aromatic heterocycles. The van der Waals surface area contributed by atoms with Crippen LogP contribution in [0.1, 0.15) is 13.8 Å². The first-order chi connectivity index (χ1) is 18.6. The molecule has 0 radical (unpaired) electrons. The molecule has 21 nitrogen and oxygen atoms in total. The standard InChI is InChI=1S/2C9H10N2O2.CH4O.3NO3.Tb/c2*1-7(12)6-9(13)11-8-4-2-3-5-10-8;1-2;3*2-1(3)4;/h2*2-6,12H,1H3,(H,10,11,13);2H,1H3;;;;/q;;;3*-1;+3/b2*7-6-;;;;;. The molecule has 0 aromatic carbocycles. The van der Waals surface area contributed by atoms with Gasteiger partial charge in [-0.05, 0) is 12.1 Å². The van der Waals surface area contributed by atoms with Crippen LogP contribution in [0.5, 0.6) is 0 Å². The van der Waals surface area contributed by atoms with Crippen molar-refractivity contribution in [3.05, 3.63) is 118 Å². The predicted octanol–water partition coefficient (Wildman–Crippen LogP) is -1.70. The zero-order valence-corrected chi connectivity index (χ0v) is 23.3. The van der Waals surface area contributed by atoms with Gasteiger partial charge >= 0.3 is 50.4 Å². The number of hydrogen-bond donors (Lipinski definition) is 3. The molecule has 41 heavy (non-hydrogen) atoms. The summed E-state index contributed by atoms with van der Waals surface area (Å²) in [6.07, 6.45) is 5.37. The molecule has 2 rings (SSSR count). The first-order valence-corrected chi connectivity index (χ1v) is 9.72. The van der Waals surface area contributed by atoms with Crippen LogP contribution in [0, 0.1) is 84.6 Å². The van der Waals surface area contributed by atoms with Crippen molar-refractivity contribution in [2.45, 2.75) is 13.8 Å². The second-order valence-electron chi connectivity index (χ2n) is 5.71. The monoisotopic (exact) mass is 733 g/mol. The van der Waals surface area contributed by atoms with Crippen molar-refractivity contribution < 1.29 is 88.7 Å². The Morgan fingerprint density at radius 1 is 0.683 bits per heavy atom. The smallest absolute Gasteiger partial charge is 0.875 e. The average molecular weight is 733 g/mol. The van der Waals surface area contributed by atoms with Crippen molar-refractivity contribution in [1.29, 1.82) is 0 Å². The van der Waals surface area contributed by atoms with E-state index < -0.39 is 27.1 Å². The maximum atomic E-state index is 11.0. The van der Waals surface area contributed by atoms with Crippen LogP contribution in [0.3, 0.4) is 0 Å². The van der Waals surface area contributed by atoms with Crippen molar-refractivity contribution >= 4 is 23.5 Å². The Bertz CT molecular complexity index is 958. The molecule has 0 aliphatic carbocycles. The quantitative estimate of drug-likeness (QED) is 0.136. The first kappa shape index (κ1) is 46.0. The summed E-state index contributed by atoms with van der Waals surface area (Å²) < 4.78 is 0. The van der Waals surface area contributed by atoms with E-state index in [0.29, 0.717) is 11.6 Å². The molecule has 22 heteroatoms. The van der Waals surface area contributed by atoms with E-state index in [9.17, 15) is 19.8 Å². The van der Waals surface area contributed by atoms with E-state index >= 15 is 0 Å². The van der Waals surface area contributed by atoms with Crippen LogP contribution < -0.4 is 30.8 Å². The molecule has 0 unspecified atom stereocenters. The van der Waals surface area contributed by atoms with Crippen LogP contribution in [-0.2, 0) is 9.59 Å². The van der Waals surface area contributed by atoms with Crippen LogP contribution in [0.2, 0.25) is 0 Å². The number of aromatic amines is 2. The van der Waals surface area contributed by atoms with Gasteiger partial charge in [-0.25, -0.2) is 30.2 Å². The van der Waals surface area contributed by atoms with Crippen molar-refractivity contribution in [2.24, 2.45) is 0 Å². The summed E-state index contributed by atoms with van der Waals surface area (Å²) in [5.41, 5.74) is 0. The summed E-state index contributed by atoms with van der Waals surface area (Å²) in [5.74, 6) is -0.262. The largest absolute Gasteiger partial charge is 3.00 e. The number of nitrogens with zero attached hydrogens (tertiary/aromatic N) is 3. The minimum absolute atomic E-state index is 0. The fraction of sp³-hybridized carbons (Fsp3) is 0.158. The van der Waals surface area contributed by atoms with Gasteiger partial charge in [0.15, 0.2) is 0 Å². The van der Waals surface area contributed by atoms with E-state index in [0.717, 1.165) is 19.3 Å². The van der Waals surface area contributed by atoms with E-state index in [1.165, 1.54) is 13.8 Å². The molecule has 2 aromatic rings. The summed E-state index contributed by atoms with van der Waals surface area (Å²) in [4.78, 5) is 52.4. The number of aliphatic hydroxyl groups is 1. The Balaban J connectivity index is -0.000000144. The summed E-state index contributed by atoms with van der Waals surface area (Å²) in [5, 5.41) is 77.3. The van der Waals surface area contributed by atoms with E-state index in [4.69, 9.17) is 51.1 Å². The SMILES string of the molecule is C/C([O-])=C/C(=O)Nc1cccc[nH+]1.C/C([O-])=C/C(=O)Nc1cccc[nH+]1.CO.O=[N+]([O-])[O-].O=[N+]([O-])[O-].O=[N+]([O-])[O-].[Tb+3]. The summed E-state index contributed by atoms with van der Waals surface area (Å²) in [7, 11) is 1.00. The number of nitrogens with one attached hydrogen (secondary N) is 4. The third kappa shape index (κ3) is 52.4. The molecular weight excluding hydrogens is 709 g/mol. The van der Waals surface area contributed by atoms with Crippen molar-refractivity contribution in [3.63, 3.8) is 0 Å². The van der Waals surface area contributed by atoms with Gasteiger partial charge in [-0.3, -0.25) is 0 Å². The molecule has 0 bridgehead atoms. The molecular formula is C19H24N7O14Tb. The second-order valence-corrected chi connectivity index (χ2v) is 5.71. The van der Waals surface area contributed by atoms with Crippen molar-refractivity contribution in [1.82, 2.24) is 0 Å². The van der Waals surface area contributed by atoms with E-state index in [1.807, 2.05) is 0 Å². The predicted molar refractivity (Wildman–Crippen MR) is 130 cm³/mol. The number of pyridine rings is 2. The van der Waals surface area contributed by atoms with Gasteiger partial charge in [0.05, 0.1) is 27.7 Å². The number of hydrogen-bond acceptors (Lipinski definition) is 14. The third-order valence-corrected chi connectivity index (χ3v) is 2.60. The Labute approximate surface area is 261 Å². The summed E-state index contributed by atoms with van der Waals surface area (Å²) in [6, 6.07) is 10.5. The molecule has 0 saturated carbocycles. The second kappa shape index (κ2) is 31.4. The number of allylic oxidation sites excluding steroid dienone is 2. The Morgan fingerprint density at radius 2 is 0.927 bits per heavy atom. The number of aliphatic hydroxyl groups excluding tert-OH is 1. The normalized spacial score (nSPS) is 8.88. The molecule has 2 amide bonds. The van der Waals surface area contributed by atoms with Crippen LogP contribution in [0.15, 0.2) is 72.5 Å². The van der Waals surface area contributed by atoms with Crippen LogP contribution in [0.4, 0.5) is 11.6 Å². The third-order valence-electron chi connectivity index (χ3n) is 2.60. The molecule has 0 aliphatic heterocycles. The fourth-order valence-electron chi connectivity index (χ4n) is 1.65. The molecule has 2 heterocycles. The molecule has 228 valence electrons. The Hall–Kier alpha value is -4.83. The zero-order valence-electron chi connectivity index (χ0n) is 21.2. The van der Waals surface area contributed by atoms with Gasteiger partial charge in [0.25, 0.3) is 11.6 Å². The van der Waals surface area contributed by atoms with Gasteiger partial charge in [0.2, 0.25) is 0 Å².